The van der Waals surface area contributed by atoms with Gasteiger partial charge in [0.05, 0.1) is 0 Å². The third kappa shape index (κ3) is 3.60. The van der Waals surface area contributed by atoms with Gasteiger partial charge in [0.25, 0.3) is 0 Å². The van der Waals surface area contributed by atoms with Gasteiger partial charge in [-0.15, -0.1) is 0 Å². The van der Waals surface area contributed by atoms with Crippen molar-refractivity contribution in [1.82, 2.24) is 0 Å². The fraction of sp³-hybridized carbons (Fsp3) is 0.556. The van der Waals surface area contributed by atoms with Crippen LogP contribution in [0, 0.1) is 5.92 Å². The molecule has 0 aliphatic heterocycles. The predicted octanol–water partition coefficient (Wildman–Crippen LogP) is 2.27. The molecule has 0 aromatic rings. The van der Waals surface area contributed by atoms with Crippen molar-refractivity contribution in [3.63, 3.8) is 0 Å². The topological polar surface area (TPSA) is 0 Å². The van der Waals surface area contributed by atoms with Gasteiger partial charge in [0.2, 0.25) is 0 Å². The zero-order valence-electron chi connectivity index (χ0n) is 6.22. The monoisotopic (exact) mass is 146 g/mol. The summed E-state index contributed by atoms with van der Waals surface area (Å²) in [7, 11) is 0. The molecule has 0 atom stereocenters. The normalized spacial score (nSPS) is 15.3. The molecule has 1 aliphatic rings. The molecule has 0 amide bonds. The van der Waals surface area contributed by atoms with E-state index in [-0.39, 0.29) is 29.6 Å². The van der Waals surface area contributed by atoms with Gasteiger partial charge in [-0.05, 0) is 18.8 Å². The van der Waals surface area contributed by atoms with Crippen LogP contribution in [-0.2, 0) is 0 Å². The molecule has 0 aromatic heterocycles. The molecular weight excluding hydrogens is 131 g/mol. The second kappa shape index (κ2) is 5.17. The molecule has 10 heavy (non-hydrogen) atoms. The average molecular weight is 146 g/mol. The molecule has 0 saturated carbocycles. The van der Waals surface area contributed by atoms with Crippen LogP contribution < -0.4 is 0 Å². The Hall–Kier alpha value is 0.480. The average Bonchev–Trinajstić information content (AvgIpc) is 2.15. The third-order valence-electron chi connectivity index (χ3n) is 1.52. The summed E-state index contributed by atoms with van der Waals surface area (Å²) in [4.78, 5) is 0. The van der Waals surface area contributed by atoms with E-state index in [1.807, 2.05) is 0 Å². The van der Waals surface area contributed by atoms with E-state index in [4.69, 9.17) is 0 Å². The maximum absolute atomic E-state index is 2.26. The van der Waals surface area contributed by atoms with Gasteiger partial charge in [-0.3, -0.25) is 0 Å². The van der Waals surface area contributed by atoms with Crippen molar-refractivity contribution >= 4 is 29.6 Å². The standard InChI is InChI=1S/C9H14.Na.H/c1-8(2)7-9-5-3-4-6-9;;/h3-5,8H,6-7H2,1-2H3;;. The van der Waals surface area contributed by atoms with E-state index < -0.39 is 0 Å². The molecule has 1 aliphatic carbocycles. The SMILES string of the molecule is CC(C)CC1=CC=CC1.[NaH]. The van der Waals surface area contributed by atoms with Crippen molar-refractivity contribution in [3.05, 3.63) is 23.8 Å². The summed E-state index contributed by atoms with van der Waals surface area (Å²) in [5.41, 5.74) is 1.59. The Labute approximate surface area is 85.7 Å². The Kier molecular flexibility index (Phi) is 5.42. The van der Waals surface area contributed by atoms with Crippen LogP contribution in [0.5, 0.6) is 0 Å². The van der Waals surface area contributed by atoms with Crippen molar-refractivity contribution in [3.8, 4) is 0 Å². The van der Waals surface area contributed by atoms with Crippen LogP contribution in [0.1, 0.15) is 26.7 Å². The van der Waals surface area contributed by atoms with Gasteiger partial charge < -0.3 is 0 Å². The van der Waals surface area contributed by atoms with E-state index in [1.54, 1.807) is 5.57 Å². The second-order valence-electron chi connectivity index (χ2n) is 3.06. The maximum atomic E-state index is 2.26. The first kappa shape index (κ1) is 10.5. The second-order valence-corrected chi connectivity index (χ2v) is 3.06. The zero-order chi connectivity index (χ0) is 6.69. The minimum atomic E-state index is 0. The summed E-state index contributed by atoms with van der Waals surface area (Å²) in [5.74, 6) is 0.816. The molecule has 52 valence electrons. The molecule has 0 heterocycles. The van der Waals surface area contributed by atoms with E-state index in [0.717, 1.165) is 5.92 Å². The van der Waals surface area contributed by atoms with Gasteiger partial charge >= 0.3 is 29.6 Å². The van der Waals surface area contributed by atoms with Crippen molar-refractivity contribution in [2.24, 2.45) is 5.92 Å². The summed E-state index contributed by atoms with van der Waals surface area (Å²) in [6.45, 7) is 4.53. The van der Waals surface area contributed by atoms with Crippen LogP contribution in [0.25, 0.3) is 0 Å². The summed E-state index contributed by atoms with van der Waals surface area (Å²) in [6.07, 6.45) is 9.07. The van der Waals surface area contributed by atoms with Crippen LogP contribution in [-0.4, -0.2) is 29.6 Å². The molecule has 0 fully saturated rings. The predicted molar refractivity (Wildman–Crippen MR) is 48.4 cm³/mol. The summed E-state index contributed by atoms with van der Waals surface area (Å²) in [5, 5.41) is 0. The molecule has 0 radical (unpaired) electrons. The summed E-state index contributed by atoms with van der Waals surface area (Å²) < 4.78 is 0. The molecule has 0 nitrogen and oxygen atoms in total. The van der Waals surface area contributed by atoms with Crippen LogP contribution >= 0.6 is 0 Å². The van der Waals surface area contributed by atoms with Crippen LogP contribution in [0.15, 0.2) is 23.8 Å². The first-order chi connectivity index (χ1) is 4.29. The fourth-order valence-corrected chi connectivity index (χ4v) is 1.17. The summed E-state index contributed by atoms with van der Waals surface area (Å²) >= 11 is 0. The van der Waals surface area contributed by atoms with Crippen molar-refractivity contribution < 1.29 is 0 Å². The quantitative estimate of drug-likeness (QED) is 0.524. The Bertz CT molecular complexity index is 143. The van der Waals surface area contributed by atoms with Gasteiger partial charge in [-0.25, -0.2) is 0 Å². The van der Waals surface area contributed by atoms with Gasteiger partial charge in [0.1, 0.15) is 0 Å². The Morgan fingerprint density at radius 2 is 2.20 bits per heavy atom. The number of allylic oxidation sites excluding steroid dienone is 4. The molecular formula is C9H15Na. The number of hydrogen-bond donors (Lipinski definition) is 0. The van der Waals surface area contributed by atoms with Crippen molar-refractivity contribution in [1.29, 1.82) is 0 Å². The van der Waals surface area contributed by atoms with E-state index in [2.05, 4.69) is 32.1 Å². The first-order valence-corrected chi connectivity index (χ1v) is 3.63. The van der Waals surface area contributed by atoms with E-state index in [1.165, 1.54) is 12.8 Å². The first-order valence-electron chi connectivity index (χ1n) is 3.63. The zero-order valence-corrected chi connectivity index (χ0v) is 6.22. The number of hydrogen-bond acceptors (Lipinski definition) is 0. The van der Waals surface area contributed by atoms with Crippen LogP contribution in [0.4, 0.5) is 0 Å². The molecule has 0 N–H and O–H groups in total. The molecule has 0 unspecified atom stereocenters. The molecule has 0 bridgehead atoms. The molecule has 1 heteroatoms. The van der Waals surface area contributed by atoms with Gasteiger partial charge in [-0.1, -0.05) is 37.6 Å². The molecule has 1 rings (SSSR count). The Balaban J connectivity index is 0.000000810. The van der Waals surface area contributed by atoms with Crippen molar-refractivity contribution in [2.75, 3.05) is 0 Å². The van der Waals surface area contributed by atoms with Gasteiger partial charge in [0.15, 0.2) is 0 Å². The molecule has 0 aromatic carbocycles. The molecule has 0 spiro atoms. The van der Waals surface area contributed by atoms with E-state index in [0.29, 0.717) is 0 Å². The third-order valence-corrected chi connectivity index (χ3v) is 1.52. The van der Waals surface area contributed by atoms with Crippen molar-refractivity contribution in [2.45, 2.75) is 26.7 Å². The molecule has 0 saturated heterocycles. The van der Waals surface area contributed by atoms with Crippen LogP contribution in [0.2, 0.25) is 0 Å². The Morgan fingerprint density at radius 1 is 1.50 bits per heavy atom. The van der Waals surface area contributed by atoms with Gasteiger partial charge in [0, 0.05) is 0 Å². The van der Waals surface area contributed by atoms with E-state index >= 15 is 0 Å². The minimum absolute atomic E-state index is 0. The van der Waals surface area contributed by atoms with E-state index in [9.17, 15) is 0 Å². The van der Waals surface area contributed by atoms with Crippen LogP contribution in [0.3, 0.4) is 0 Å². The number of rotatable bonds is 2. The Morgan fingerprint density at radius 3 is 2.60 bits per heavy atom. The van der Waals surface area contributed by atoms with Gasteiger partial charge in [-0.2, -0.15) is 0 Å². The fourth-order valence-electron chi connectivity index (χ4n) is 1.17. The summed E-state index contributed by atoms with van der Waals surface area (Å²) in [6, 6.07) is 0.